The van der Waals surface area contributed by atoms with Crippen LogP contribution < -0.4 is 0 Å². The molecule has 1 unspecified atom stereocenters. The van der Waals surface area contributed by atoms with Crippen molar-refractivity contribution in [2.75, 3.05) is 24.3 Å². The van der Waals surface area contributed by atoms with E-state index >= 15 is 0 Å². The minimum absolute atomic E-state index is 0.106. The van der Waals surface area contributed by atoms with Crippen LogP contribution in [0.25, 0.3) is 0 Å². The third-order valence-corrected chi connectivity index (χ3v) is 7.92. The van der Waals surface area contributed by atoms with E-state index in [0.29, 0.717) is 17.2 Å². The van der Waals surface area contributed by atoms with E-state index < -0.39 is 15.2 Å². The minimum Gasteiger partial charge on any atom is -0.319 e. The van der Waals surface area contributed by atoms with Crippen molar-refractivity contribution in [3.05, 3.63) is 21.4 Å². The zero-order chi connectivity index (χ0) is 15.0. The highest BCUT2D eigenvalue weighted by Gasteiger charge is 2.35. The molecule has 116 valence electrons. The van der Waals surface area contributed by atoms with E-state index in [1.807, 2.05) is 6.07 Å². The van der Waals surface area contributed by atoms with Crippen LogP contribution in [-0.2, 0) is 22.7 Å². The lowest BCUT2D eigenvalue weighted by Gasteiger charge is -2.33. The number of fused-ring (bicyclic) bond motifs is 1. The Morgan fingerprint density at radius 3 is 2.81 bits per heavy atom. The molecule has 2 aliphatic rings. The van der Waals surface area contributed by atoms with Gasteiger partial charge >= 0.3 is 0 Å². The molecule has 4 nitrogen and oxygen atoms in total. The minimum atomic E-state index is -3.24. The molecule has 1 aromatic heterocycles. The third-order valence-electron chi connectivity index (χ3n) is 4.05. The first kappa shape index (κ1) is 15.4. The normalized spacial score (nSPS) is 22.9. The predicted octanol–water partition coefficient (Wildman–Crippen LogP) is 2.19. The molecular weight excluding hydrogens is 326 g/mol. The van der Waals surface area contributed by atoms with Crippen molar-refractivity contribution >= 4 is 38.8 Å². The number of rotatable bonds is 2. The topological polar surface area (TPSA) is 54.5 Å². The second kappa shape index (κ2) is 5.93. The highest BCUT2D eigenvalue weighted by Crippen LogP contribution is 2.32. The zero-order valence-electron chi connectivity index (χ0n) is 12.0. The van der Waals surface area contributed by atoms with Crippen LogP contribution in [0.4, 0.5) is 0 Å². The van der Waals surface area contributed by atoms with Gasteiger partial charge in [-0.25, -0.2) is 8.42 Å². The fourth-order valence-electron chi connectivity index (χ4n) is 2.91. The maximum atomic E-state index is 12.7. The van der Waals surface area contributed by atoms with Gasteiger partial charge in [-0.3, -0.25) is 4.79 Å². The number of sulfone groups is 1. The van der Waals surface area contributed by atoms with Crippen LogP contribution in [0, 0.1) is 0 Å². The zero-order valence-corrected chi connectivity index (χ0v) is 14.5. The van der Waals surface area contributed by atoms with Gasteiger partial charge in [0.1, 0.15) is 5.37 Å². The van der Waals surface area contributed by atoms with Gasteiger partial charge in [0.05, 0.1) is 4.88 Å². The first-order chi connectivity index (χ1) is 9.97. The van der Waals surface area contributed by atoms with E-state index in [1.165, 1.54) is 29.5 Å². The molecule has 2 heterocycles. The summed E-state index contributed by atoms with van der Waals surface area (Å²) in [7, 11) is -3.24. The number of hydrogen-bond acceptors (Lipinski definition) is 5. The summed E-state index contributed by atoms with van der Waals surface area (Å²) in [4.78, 5) is 16.3. The van der Waals surface area contributed by atoms with Crippen molar-refractivity contribution in [1.29, 1.82) is 0 Å². The Hall–Kier alpha value is -0.530. The summed E-state index contributed by atoms with van der Waals surface area (Å²) in [5.74, 6) is 1.18. The van der Waals surface area contributed by atoms with Crippen LogP contribution in [0.15, 0.2) is 6.07 Å². The largest absolute Gasteiger partial charge is 0.319 e. The Labute approximate surface area is 133 Å². The van der Waals surface area contributed by atoms with Crippen LogP contribution in [0.5, 0.6) is 0 Å². The number of nitrogens with zero attached hydrogens (tertiary/aromatic N) is 1. The maximum absolute atomic E-state index is 12.7. The molecule has 7 heteroatoms. The van der Waals surface area contributed by atoms with E-state index in [4.69, 9.17) is 0 Å². The third kappa shape index (κ3) is 3.14. The van der Waals surface area contributed by atoms with Gasteiger partial charge in [0.2, 0.25) is 0 Å². The van der Waals surface area contributed by atoms with Crippen LogP contribution in [-0.4, -0.2) is 48.9 Å². The highest BCUT2D eigenvalue weighted by molar-refractivity contribution is 8.00. The van der Waals surface area contributed by atoms with Gasteiger partial charge in [0.25, 0.3) is 5.91 Å². The molecule has 0 aromatic carbocycles. The molecule has 1 fully saturated rings. The Kier molecular flexibility index (Phi) is 4.34. The summed E-state index contributed by atoms with van der Waals surface area (Å²) in [5, 5.41) is -0.678. The molecule has 0 radical (unpaired) electrons. The van der Waals surface area contributed by atoms with E-state index in [9.17, 15) is 13.2 Å². The Balaban J connectivity index is 1.87. The summed E-state index contributed by atoms with van der Waals surface area (Å²) in [6.07, 6.45) is 5.70. The number of thiophene rings is 1. The van der Waals surface area contributed by atoms with Crippen molar-refractivity contribution in [3.63, 3.8) is 0 Å². The molecule has 1 aliphatic carbocycles. The lowest BCUT2D eigenvalue weighted by molar-refractivity contribution is 0.0754. The molecule has 0 bridgehead atoms. The number of amides is 1. The smallest absolute Gasteiger partial charge is 0.265 e. The van der Waals surface area contributed by atoms with Gasteiger partial charge in [-0.1, -0.05) is 0 Å². The Morgan fingerprint density at radius 2 is 2.10 bits per heavy atom. The molecule has 1 atom stereocenters. The average Bonchev–Trinajstić information content (AvgIpc) is 2.89. The maximum Gasteiger partial charge on any atom is 0.265 e. The molecule has 0 saturated carbocycles. The monoisotopic (exact) mass is 345 g/mol. The van der Waals surface area contributed by atoms with Crippen molar-refractivity contribution < 1.29 is 13.2 Å². The average molecular weight is 346 g/mol. The van der Waals surface area contributed by atoms with E-state index in [0.717, 1.165) is 18.6 Å². The number of carbonyl (C=O) groups is 1. The van der Waals surface area contributed by atoms with Crippen LogP contribution in [0.3, 0.4) is 0 Å². The van der Waals surface area contributed by atoms with Gasteiger partial charge in [0.15, 0.2) is 9.84 Å². The lowest BCUT2D eigenvalue weighted by Crippen LogP contribution is -2.49. The molecule has 21 heavy (non-hydrogen) atoms. The SMILES string of the molecule is CS(=O)(=O)C1CSCCN1C(=O)c1cc2c(s1)CCCC2. The van der Waals surface area contributed by atoms with E-state index in [1.54, 1.807) is 28.0 Å². The lowest BCUT2D eigenvalue weighted by atomic mass is 9.99. The summed E-state index contributed by atoms with van der Waals surface area (Å²) < 4.78 is 23.8. The van der Waals surface area contributed by atoms with Crippen molar-refractivity contribution in [2.45, 2.75) is 31.1 Å². The summed E-state index contributed by atoms with van der Waals surface area (Å²) in [5.41, 5.74) is 1.29. The molecule has 1 aromatic rings. The number of aryl methyl sites for hydroxylation is 2. The second-order valence-corrected chi connectivity index (χ2v) is 10.1. The van der Waals surface area contributed by atoms with Crippen LogP contribution in [0.2, 0.25) is 0 Å². The fourth-order valence-corrected chi connectivity index (χ4v) is 6.93. The molecule has 1 aliphatic heterocycles. The number of hydrogen-bond donors (Lipinski definition) is 0. The number of carbonyl (C=O) groups excluding carboxylic acids is 1. The van der Waals surface area contributed by atoms with E-state index in [2.05, 4.69) is 0 Å². The Morgan fingerprint density at radius 1 is 1.33 bits per heavy atom. The number of thioether (sulfide) groups is 1. The van der Waals surface area contributed by atoms with Gasteiger partial charge in [-0.15, -0.1) is 11.3 Å². The van der Waals surface area contributed by atoms with Crippen LogP contribution in [0.1, 0.15) is 33.0 Å². The second-order valence-electron chi connectivity index (χ2n) is 5.62. The fraction of sp³-hybridized carbons (Fsp3) is 0.643. The van der Waals surface area contributed by atoms with Gasteiger partial charge in [-0.2, -0.15) is 11.8 Å². The predicted molar refractivity (Wildman–Crippen MR) is 88.0 cm³/mol. The molecule has 1 amide bonds. The quantitative estimate of drug-likeness (QED) is 0.824. The summed E-state index contributed by atoms with van der Waals surface area (Å²) in [6, 6.07) is 1.99. The van der Waals surface area contributed by atoms with Crippen LogP contribution >= 0.6 is 23.1 Å². The standard InChI is InChI=1S/C14H19NO3S3/c1-21(17,18)13-9-19-7-6-15(13)14(16)12-8-10-4-2-3-5-11(10)20-12/h8,13H,2-7,9H2,1H3. The van der Waals surface area contributed by atoms with E-state index in [-0.39, 0.29) is 5.91 Å². The van der Waals surface area contributed by atoms with Crippen molar-refractivity contribution in [1.82, 2.24) is 4.90 Å². The summed E-state index contributed by atoms with van der Waals surface area (Å²) in [6.45, 7) is 0.518. The Bertz CT molecular complexity index is 627. The van der Waals surface area contributed by atoms with Gasteiger partial charge in [0, 0.05) is 29.2 Å². The molecular formula is C14H19NO3S3. The first-order valence-electron chi connectivity index (χ1n) is 7.16. The molecule has 1 saturated heterocycles. The molecule has 0 spiro atoms. The first-order valence-corrected chi connectivity index (χ1v) is 11.1. The highest BCUT2D eigenvalue weighted by atomic mass is 32.2. The van der Waals surface area contributed by atoms with Gasteiger partial charge in [-0.05, 0) is 37.3 Å². The summed E-state index contributed by atoms with van der Waals surface area (Å²) >= 11 is 3.16. The van der Waals surface area contributed by atoms with Crippen molar-refractivity contribution in [2.24, 2.45) is 0 Å². The molecule has 0 N–H and O–H groups in total. The van der Waals surface area contributed by atoms with Gasteiger partial charge < -0.3 is 4.90 Å². The van der Waals surface area contributed by atoms with Crippen molar-refractivity contribution in [3.8, 4) is 0 Å². The molecule has 3 rings (SSSR count).